The molecule has 0 saturated heterocycles. The van der Waals surface area contributed by atoms with E-state index < -0.39 is 5.97 Å². The van der Waals surface area contributed by atoms with Gasteiger partial charge in [-0.3, -0.25) is 14.4 Å². The SMILES string of the molecule is CC(=O)Oc1cccc(C(=O)Nc2ccc(CNC(=O)C=C(C)C)cc2)c1. The van der Waals surface area contributed by atoms with Crippen molar-refractivity contribution in [3.05, 3.63) is 71.3 Å². The number of hydrogen-bond donors (Lipinski definition) is 2. The third kappa shape index (κ3) is 6.78. The first kappa shape index (κ1) is 19.9. The molecular formula is C21H22N2O4. The van der Waals surface area contributed by atoms with Crippen LogP contribution in [0.3, 0.4) is 0 Å². The van der Waals surface area contributed by atoms with Gasteiger partial charge in [-0.05, 0) is 49.7 Å². The van der Waals surface area contributed by atoms with Gasteiger partial charge in [-0.1, -0.05) is 23.8 Å². The van der Waals surface area contributed by atoms with Gasteiger partial charge in [-0.2, -0.15) is 0 Å². The molecule has 2 N–H and O–H groups in total. The molecule has 6 heteroatoms. The minimum Gasteiger partial charge on any atom is -0.427 e. The van der Waals surface area contributed by atoms with Gasteiger partial charge in [0.25, 0.3) is 5.91 Å². The van der Waals surface area contributed by atoms with Crippen molar-refractivity contribution in [2.24, 2.45) is 0 Å². The Labute approximate surface area is 158 Å². The number of benzene rings is 2. The molecule has 140 valence electrons. The lowest BCUT2D eigenvalue weighted by Gasteiger charge is -2.08. The quantitative estimate of drug-likeness (QED) is 0.466. The van der Waals surface area contributed by atoms with E-state index in [9.17, 15) is 14.4 Å². The standard InChI is InChI=1S/C21H22N2O4/c1-14(2)11-20(25)22-13-16-7-9-18(10-8-16)23-21(26)17-5-4-6-19(12-17)27-15(3)24/h4-12H,13H2,1-3H3,(H,22,25)(H,23,26). The lowest BCUT2D eigenvalue weighted by molar-refractivity contribution is -0.131. The Morgan fingerprint density at radius 1 is 1.00 bits per heavy atom. The van der Waals surface area contributed by atoms with Crippen molar-refractivity contribution >= 4 is 23.5 Å². The summed E-state index contributed by atoms with van der Waals surface area (Å²) in [5.41, 5.74) is 2.85. The molecule has 0 aromatic heterocycles. The Morgan fingerprint density at radius 2 is 1.70 bits per heavy atom. The van der Waals surface area contributed by atoms with Crippen LogP contribution in [0.15, 0.2) is 60.2 Å². The second-order valence-corrected chi connectivity index (χ2v) is 6.21. The van der Waals surface area contributed by atoms with Crippen LogP contribution < -0.4 is 15.4 Å². The number of nitrogens with one attached hydrogen (secondary N) is 2. The number of esters is 1. The summed E-state index contributed by atoms with van der Waals surface area (Å²) in [6.07, 6.45) is 1.54. The molecule has 27 heavy (non-hydrogen) atoms. The molecule has 0 bridgehead atoms. The zero-order valence-electron chi connectivity index (χ0n) is 15.5. The van der Waals surface area contributed by atoms with Crippen molar-refractivity contribution in [3.8, 4) is 5.75 Å². The van der Waals surface area contributed by atoms with E-state index in [0.29, 0.717) is 23.5 Å². The molecule has 2 rings (SSSR count). The number of ether oxygens (including phenoxy) is 1. The van der Waals surface area contributed by atoms with Crippen molar-refractivity contribution in [1.29, 1.82) is 0 Å². The number of amides is 2. The molecule has 0 radical (unpaired) electrons. The number of carbonyl (C=O) groups is 3. The van der Waals surface area contributed by atoms with Crippen LogP contribution in [0.1, 0.15) is 36.7 Å². The smallest absolute Gasteiger partial charge is 0.308 e. The van der Waals surface area contributed by atoms with E-state index in [1.54, 1.807) is 36.4 Å². The fourth-order valence-electron chi connectivity index (χ4n) is 2.28. The highest BCUT2D eigenvalue weighted by Crippen LogP contribution is 2.16. The van der Waals surface area contributed by atoms with Crippen molar-refractivity contribution in [1.82, 2.24) is 5.32 Å². The van der Waals surface area contributed by atoms with Gasteiger partial charge in [-0.15, -0.1) is 0 Å². The van der Waals surface area contributed by atoms with E-state index in [-0.39, 0.29) is 11.8 Å². The molecule has 0 aliphatic carbocycles. The van der Waals surface area contributed by atoms with Crippen molar-refractivity contribution in [2.75, 3.05) is 5.32 Å². The molecule has 2 aromatic rings. The summed E-state index contributed by atoms with van der Waals surface area (Å²) in [5.74, 6) is -0.578. The summed E-state index contributed by atoms with van der Waals surface area (Å²) in [6.45, 7) is 5.43. The van der Waals surface area contributed by atoms with Gasteiger partial charge in [0.2, 0.25) is 5.91 Å². The van der Waals surface area contributed by atoms with Crippen molar-refractivity contribution in [3.63, 3.8) is 0 Å². The molecular weight excluding hydrogens is 344 g/mol. The lowest BCUT2D eigenvalue weighted by Crippen LogP contribution is -2.20. The minimum atomic E-state index is -0.445. The van der Waals surface area contributed by atoms with Crippen LogP contribution in [-0.4, -0.2) is 17.8 Å². The summed E-state index contributed by atoms with van der Waals surface area (Å²) in [6, 6.07) is 13.6. The summed E-state index contributed by atoms with van der Waals surface area (Å²) in [7, 11) is 0. The van der Waals surface area contributed by atoms with Gasteiger partial charge >= 0.3 is 5.97 Å². The normalized spacial score (nSPS) is 9.89. The third-order valence-electron chi connectivity index (χ3n) is 3.46. The summed E-state index contributed by atoms with van der Waals surface area (Å²) in [5, 5.41) is 5.57. The summed E-state index contributed by atoms with van der Waals surface area (Å²) in [4.78, 5) is 35.0. The first-order chi connectivity index (χ1) is 12.8. The van der Waals surface area contributed by atoms with Crippen LogP contribution >= 0.6 is 0 Å². The summed E-state index contributed by atoms with van der Waals surface area (Å²) < 4.78 is 4.98. The van der Waals surface area contributed by atoms with Crippen LogP contribution in [0.2, 0.25) is 0 Å². The molecule has 0 saturated carbocycles. The number of hydrogen-bond acceptors (Lipinski definition) is 4. The second-order valence-electron chi connectivity index (χ2n) is 6.21. The summed E-state index contributed by atoms with van der Waals surface area (Å²) >= 11 is 0. The van der Waals surface area contributed by atoms with E-state index in [1.807, 2.05) is 26.0 Å². The highest BCUT2D eigenvalue weighted by Gasteiger charge is 2.08. The van der Waals surface area contributed by atoms with E-state index in [0.717, 1.165) is 11.1 Å². The maximum absolute atomic E-state index is 12.3. The van der Waals surface area contributed by atoms with Gasteiger partial charge in [0.15, 0.2) is 0 Å². The highest BCUT2D eigenvalue weighted by atomic mass is 16.5. The average molecular weight is 366 g/mol. The van der Waals surface area contributed by atoms with Gasteiger partial charge < -0.3 is 15.4 Å². The Balaban J connectivity index is 1.96. The Bertz CT molecular complexity index is 866. The van der Waals surface area contributed by atoms with Gasteiger partial charge in [0.1, 0.15) is 5.75 Å². The van der Waals surface area contributed by atoms with Gasteiger partial charge in [0, 0.05) is 30.8 Å². The molecule has 0 fully saturated rings. The number of carbonyl (C=O) groups excluding carboxylic acids is 3. The number of anilines is 1. The maximum Gasteiger partial charge on any atom is 0.308 e. The van der Waals surface area contributed by atoms with Crippen LogP contribution in [0, 0.1) is 0 Å². The molecule has 0 aliphatic heterocycles. The molecule has 0 spiro atoms. The molecule has 0 heterocycles. The maximum atomic E-state index is 12.3. The number of allylic oxidation sites excluding steroid dienone is 1. The van der Waals surface area contributed by atoms with Crippen molar-refractivity contribution < 1.29 is 19.1 Å². The monoisotopic (exact) mass is 366 g/mol. The average Bonchev–Trinajstić information content (AvgIpc) is 2.60. The topological polar surface area (TPSA) is 84.5 Å². The van der Waals surface area contributed by atoms with Crippen LogP contribution in [-0.2, 0) is 16.1 Å². The predicted octanol–water partition coefficient (Wildman–Crippen LogP) is 3.45. The van der Waals surface area contributed by atoms with Crippen LogP contribution in [0.5, 0.6) is 5.75 Å². The molecule has 6 nitrogen and oxygen atoms in total. The van der Waals surface area contributed by atoms with E-state index in [1.165, 1.54) is 13.0 Å². The largest absolute Gasteiger partial charge is 0.427 e. The number of rotatable bonds is 6. The Hall–Kier alpha value is -3.41. The van der Waals surface area contributed by atoms with Gasteiger partial charge in [-0.25, -0.2) is 0 Å². The Morgan fingerprint density at radius 3 is 2.33 bits per heavy atom. The third-order valence-corrected chi connectivity index (χ3v) is 3.46. The van der Waals surface area contributed by atoms with E-state index in [4.69, 9.17) is 4.74 Å². The minimum absolute atomic E-state index is 0.139. The van der Waals surface area contributed by atoms with Crippen LogP contribution in [0.4, 0.5) is 5.69 Å². The highest BCUT2D eigenvalue weighted by molar-refractivity contribution is 6.04. The zero-order valence-corrected chi connectivity index (χ0v) is 15.5. The predicted molar refractivity (Wildman–Crippen MR) is 103 cm³/mol. The van der Waals surface area contributed by atoms with Crippen LogP contribution in [0.25, 0.3) is 0 Å². The van der Waals surface area contributed by atoms with E-state index >= 15 is 0 Å². The molecule has 0 atom stereocenters. The molecule has 2 aromatic carbocycles. The van der Waals surface area contributed by atoms with E-state index in [2.05, 4.69) is 10.6 Å². The zero-order chi connectivity index (χ0) is 19.8. The Kier molecular flexibility index (Phi) is 6.88. The fraction of sp³-hybridized carbons (Fsp3) is 0.190. The lowest BCUT2D eigenvalue weighted by atomic mass is 10.1. The molecule has 0 unspecified atom stereocenters. The second kappa shape index (κ2) is 9.33. The molecule has 0 aliphatic rings. The van der Waals surface area contributed by atoms with Gasteiger partial charge in [0.05, 0.1) is 0 Å². The molecule has 2 amide bonds. The first-order valence-electron chi connectivity index (χ1n) is 8.45. The first-order valence-corrected chi connectivity index (χ1v) is 8.45. The fourth-order valence-corrected chi connectivity index (χ4v) is 2.28. The van der Waals surface area contributed by atoms with Crippen molar-refractivity contribution in [2.45, 2.75) is 27.3 Å².